The molecule has 16 heavy (non-hydrogen) atoms. The highest BCUT2D eigenvalue weighted by Gasteiger charge is 2.32. The van der Waals surface area contributed by atoms with Gasteiger partial charge < -0.3 is 0 Å². The Morgan fingerprint density at radius 3 is 2.62 bits per heavy atom. The highest BCUT2D eigenvalue weighted by molar-refractivity contribution is 7.90. The Balaban J connectivity index is 2.31. The zero-order chi connectivity index (χ0) is 11.9. The van der Waals surface area contributed by atoms with Gasteiger partial charge in [0.1, 0.15) is 5.82 Å². The minimum Gasteiger partial charge on any atom is -0.269 e. The van der Waals surface area contributed by atoms with Gasteiger partial charge in [-0.05, 0) is 24.6 Å². The fraction of sp³-hybridized carbons (Fsp3) is 0.333. The van der Waals surface area contributed by atoms with Crippen LogP contribution in [0.5, 0.6) is 0 Å². The summed E-state index contributed by atoms with van der Waals surface area (Å²) in [4.78, 5) is 0. The molecule has 0 aromatic heterocycles. The van der Waals surface area contributed by atoms with Crippen molar-refractivity contribution in [3.63, 3.8) is 0 Å². The minimum atomic E-state index is -3.56. The molecule has 0 spiro atoms. The van der Waals surface area contributed by atoms with Crippen LogP contribution >= 0.6 is 11.6 Å². The fourth-order valence-electron chi connectivity index (χ4n) is 1.21. The van der Waals surface area contributed by atoms with Gasteiger partial charge in [-0.3, -0.25) is 4.72 Å². The van der Waals surface area contributed by atoms with Crippen LogP contribution in [0.1, 0.15) is 5.56 Å². The van der Waals surface area contributed by atoms with Crippen LogP contribution < -0.4 is 4.72 Å². The molecule has 7 heteroatoms. The van der Waals surface area contributed by atoms with E-state index in [1.54, 1.807) is 6.92 Å². The average molecular weight is 265 g/mol. The van der Waals surface area contributed by atoms with Crippen LogP contribution in [0.2, 0.25) is 5.02 Å². The number of nitrogens with one attached hydrogen (secondary N) is 1. The van der Waals surface area contributed by atoms with Gasteiger partial charge in [-0.15, -0.1) is 0 Å². The molecule has 0 saturated carbocycles. The second-order valence-corrected chi connectivity index (χ2v) is 5.67. The van der Waals surface area contributed by atoms with Gasteiger partial charge in [-0.2, -0.15) is 12.7 Å². The molecule has 1 aliphatic rings. The predicted octanol–water partition coefficient (Wildman–Crippen LogP) is 1.76. The number of halogens is 2. The molecular formula is C9H10ClFN2O2S. The molecule has 0 radical (unpaired) electrons. The molecule has 2 rings (SSSR count). The molecule has 1 aromatic carbocycles. The van der Waals surface area contributed by atoms with Crippen LogP contribution in [0, 0.1) is 12.7 Å². The van der Waals surface area contributed by atoms with E-state index in [1.807, 2.05) is 0 Å². The Labute approximate surface area is 98.2 Å². The fourth-order valence-corrected chi connectivity index (χ4v) is 2.67. The van der Waals surface area contributed by atoms with E-state index in [2.05, 4.69) is 4.72 Å². The molecule has 0 bridgehead atoms. The Bertz CT molecular complexity index is 529. The number of anilines is 1. The normalized spacial score (nSPS) is 16.2. The summed E-state index contributed by atoms with van der Waals surface area (Å²) in [5.41, 5.74) is 0.441. The largest absolute Gasteiger partial charge is 0.301 e. The summed E-state index contributed by atoms with van der Waals surface area (Å²) in [6, 6.07) is 2.47. The van der Waals surface area contributed by atoms with Crippen molar-refractivity contribution < 1.29 is 12.8 Å². The second-order valence-electron chi connectivity index (χ2n) is 3.59. The average Bonchev–Trinajstić information content (AvgIpc) is 2.96. The van der Waals surface area contributed by atoms with Crippen LogP contribution in [-0.4, -0.2) is 25.8 Å². The lowest BCUT2D eigenvalue weighted by molar-refractivity contribution is 0.569. The third-order valence-corrected chi connectivity index (χ3v) is 4.07. The molecule has 4 nitrogen and oxygen atoms in total. The van der Waals surface area contributed by atoms with Crippen molar-refractivity contribution in [2.75, 3.05) is 17.8 Å². The summed E-state index contributed by atoms with van der Waals surface area (Å²) in [5, 5.41) is 0.185. The summed E-state index contributed by atoms with van der Waals surface area (Å²) in [6.07, 6.45) is 0. The standard InChI is InChI=1S/C9H10ClFN2O2S/c1-6-4-7(10)9(5-8(6)11)12-16(14,15)13-2-3-13/h4-5,12H,2-3H2,1H3. The van der Waals surface area contributed by atoms with Crippen LogP contribution in [0.25, 0.3) is 0 Å². The molecule has 1 N–H and O–H groups in total. The topological polar surface area (TPSA) is 49.2 Å². The van der Waals surface area contributed by atoms with E-state index in [-0.39, 0.29) is 10.7 Å². The number of hydrogen-bond acceptors (Lipinski definition) is 2. The van der Waals surface area contributed by atoms with Crippen LogP contribution in [0.3, 0.4) is 0 Å². The van der Waals surface area contributed by atoms with Crippen molar-refractivity contribution in [3.05, 3.63) is 28.5 Å². The number of rotatable bonds is 3. The molecule has 1 saturated heterocycles. The van der Waals surface area contributed by atoms with Crippen molar-refractivity contribution in [1.29, 1.82) is 0 Å². The maximum Gasteiger partial charge on any atom is 0.301 e. The predicted molar refractivity (Wildman–Crippen MR) is 60.3 cm³/mol. The molecule has 1 heterocycles. The highest BCUT2D eigenvalue weighted by atomic mass is 35.5. The number of aryl methyl sites for hydroxylation is 1. The monoisotopic (exact) mass is 264 g/mol. The highest BCUT2D eigenvalue weighted by Crippen LogP contribution is 2.27. The summed E-state index contributed by atoms with van der Waals surface area (Å²) in [6.45, 7) is 2.53. The number of nitrogens with zero attached hydrogens (tertiary/aromatic N) is 1. The van der Waals surface area contributed by atoms with Crippen molar-refractivity contribution in [3.8, 4) is 0 Å². The minimum absolute atomic E-state index is 0.0664. The first-order valence-electron chi connectivity index (χ1n) is 4.64. The van der Waals surface area contributed by atoms with E-state index in [0.717, 1.165) is 6.07 Å². The Kier molecular flexibility index (Phi) is 2.81. The molecule has 88 valence electrons. The van der Waals surface area contributed by atoms with Gasteiger partial charge in [0.25, 0.3) is 0 Å². The maximum atomic E-state index is 13.2. The maximum absolute atomic E-state index is 13.2. The van der Waals surface area contributed by atoms with Crippen molar-refractivity contribution in [2.45, 2.75) is 6.92 Å². The summed E-state index contributed by atoms with van der Waals surface area (Å²) < 4.78 is 39.8. The van der Waals surface area contributed by atoms with E-state index in [0.29, 0.717) is 18.7 Å². The zero-order valence-corrected chi connectivity index (χ0v) is 10.1. The molecule has 0 atom stereocenters. The molecule has 0 unspecified atom stereocenters. The van der Waals surface area contributed by atoms with E-state index in [1.165, 1.54) is 10.4 Å². The molecule has 0 amide bonds. The van der Waals surface area contributed by atoms with Crippen LogP contribution in [0.15, 0.2) is 12.1 Å². The van der Waals surface area contributed by atoms with E-state index in [4.69, 9.17) is 11.6 Å². The number of hydrogen-bond donors (Lipinski definition) is 1. The lowest BCUT2D eigenvalue weighted by atomic mass is 10.2. The molecular weight excluding hydrogens is 255 g/mol. The van der Waals surface area contributed by atoms with Gasteiger partial charge in [-0.1, -0.05) is 11.6 Å². The third kappa shape index (κ3) is 2.28. The summed E-state index contributed by atoms with van der Waals surface area (Å²) >= 11 is 5.82. The van der Waals surface area contributed by atoms with E-state index < -0.39 is 16.0 Å². The quantitative estimate of drug-likeness (QED) is 0.846. The van der Waals surface area contributed by atoms with E-state index in [9.17, 15) is 12.8 Å². The molecule has 1 aliphatic heterocycles. The molecule has 1 aromatic rings. The first kappa shape index (κ1) is 11.6. The second kappa shape index (κ2) is 3.87. The van der Waals surface area contributed by atoms with Gasteiger partial charge in [0, 0.05) is 13.1 Å². The first-order chi connectivity index (χ1) is 7.40. The van der Waals surface area contributed by atoms with Gasteiger partial charge in [0.15, 0.2) is 0 Å². The summed E-state index contributed by atoms with van der Waals surface area (Å²) in [5.74, 6) is -0.493. The van der Waals surface area contributed by atoms with Gasteiger partial charge in [-0.25, -0.2) is 4.39 Å². The van der Waals surface area contributed by atoms with Crippen LogP contribution in [0.4, 0.5) is 10.1 Å². The van der Waals surface area contributed by atoms with Crippen LogP contribution in [-0.2, 0) is 10.2 Å². The van der Waals surface area contributed by atoms with Crippen molar-refractivity contribution >= 4 is 27.5 Å². The zero-order valence-electron chi connectivity index (χ0n) is 8.50. The lowest BCUT2D eigenvalue weighted by Crippen LogP contribution is -2.21. The molecule has 1 fully saturated rings. The first-order valence-corrected chi connectivity index (χ1v) is 6.45. The lowest BCUT2D eigenvalue weighted by Gasteiger charge is -2.10. The van der Waals surface area contributed by atoms with Gasteiger partial charge >= 0.3 is 10.2 Å². The van der Waals surface area contributed by atoms with E-state index >= 15 is 0 Å². The Hall–Kier alpha value is -0.850. The summed E-state index contributed by atoms with van der Waals surface area (Å²) in [7, 11) is -3.56. The SMILES string of the molecule is Cc1cc(Cl)c(NS(=O)(=O)N2CC2)cc1F. The van der Waals surface area contributed by atoms with Gasteiger partial charge in [0.05, 0.1) is 10.7 Å². The number of benzene rings is 1. The Morgan fingerprint density at radius 2 is 2.06 bits per heavy atom. The smallest absolute Gasteiger partial charge is 0.269 e. The Morgan fingerprint density at radius 1 is 1.44 bits per heavy atom. The van der Waals surface area contributed by atoms with Gasteiger partial charge in [0.2, 0.25) is 0 Å². The third-order valence-electron chi connectivity index (χ3n) is 2.23. The van der Waals surface area contributed by atoms with Crippen molar-refractivity contribution in [2.24, 2.45) is 0 Å². The van der Waals surface area contributed by atoms with Crippen molar-refractivity contribution in [1.82, 2.24) is 4.31 Å². The molecule has 0 aliphatic carbocycles.